The summed E-state index contributed by atoms with van der Waals surface area (Å²) in [6.07, 6.45) is 2.41. The summed E-state index contributed by atoms with van der Waals surface area (Å²) in [4.78, 5) is 41.1. The maximum atomic E-state index is 13.0. The first kappa shape index (κ1) is 21.9. The number of hydrogen-bond acceptors (Lipinski definition) is 4. The second kappa shape index (κ2) is 9.15. The number of imide groups is 2. The number of barbiturate groups is 1. The standard InChI is InChI=1S/C27H22ClN3O3/c28-23-9-5-4-8-21(23)17-30-13-12-20-14-19(10-11-24(20)30)15-22-25(32)29-27(34)31(26(22)33)16-18-6-2-1-3-7-18/h1-11,14-15H,12-13,16-17H2,(H,29,32,34)/b22-15+. The van der Waals surface area contributed by atoms with Gasteiger partial charge in [-0.3, -0.25) is 19.8 Å². The smallest absolute Gasteiger partial charge is 0.331 e. The lowest BCUT2D eigenvalue weighted by Gasteiger charge is -2.26. The van der Waals surface area contributed by atoms with Crippen molar-refractivity contribution in [3.8, 4) is 0 Å². The maximum Gasteiger partial charge on any atom is 0.331 e. The normalized spacial score (nSPS) is 16.7. The summed E-state index contributed by atoms with van der Waals surface area (Å²) in [5.41, 5.74) is 4.81. The molecule has 3 aromatic carbocycles. The highest BCUT2D eigenvalue weighted by atomic mass is 35.5. The summed E-state index contributed by atoms with van der Waals surface area (Å²) in [6, 6.07) is 22.2. The third kappa shape index (κ3) is 4.32. The van der Waals surface area contributed by atoms with E-state index >= 15 is 0 Å². The van der Waals surface area contributed by atoms with Crippen LogP contribution in [-0.2, 0) is 29.1 Å². The minimum Gasteiger partial charge on any atom is -0.367 e. The first-order valence-electron chi connectivity index (χ1n) is 11.0. The molecule has 1 N–H and O–H groups in total. The van der Waals surface area contributed by atoms with Crippen LogP contribution in [0.5, 0.6) is 0 Å². The van der Waals surface area contributed by atoms with Crippen molar-refractivity contribution < 1.29 is 14.4 Å². The highest BCUT2D eigenvalue weighted by Gasteiger charge is 2.35. The molecule has 2 aliphatic rings. The van der Waals surface area contributed by atoms with E-state index in [1.807, 2.05) is 72.8 Å². The quantitative estimate of drug-likeness (QED) is 0.437. The molecule has 6 nitrogen and oxygen atoms in total. The fourth-order valence-corrected chi connectivity index (χ4v) is 4.54. The lowest BCUT2D eigenvalue weighted by Crippen LogP contribution is -2.53. The van der Waals surface area contributed by atoms with Gasteiger partial charge in [0.05, 0.1) is 6.54 Å². The molecule has 0 aliphatic carbocycles. The summed E-state index contributed by atoms with van der Waals surface area (Å²) in [5.74, 6) is -1.28. The predicted molar refractivity (Wildman–Crippen MR) is 131 cm³/mol. The van der Waals surface area contributed by atoms with E-state index in [1.54, 1.807) is 6.08 Å². The van der Waals surface area contributed by atoms with Gasteiger partial charge in [-0.15, -0.1) is 0 Å². The third-order valence-electron chi connectivity index (χ3n) is 6.09. The van der Waals surface area contributed by atoms with Crippen LogP contribution in [0.1, 0.15) is 22.3 Å². The predicted octanol–water partition coefficient (Wildman–Crippen LogP) is 4.56. The van der Waals surface area contributed by atoms with Gasteiger partial charge >= 0.3 is 6.03 Å². The van der Waals surface area contributed by atoms with Gasteiger partial charge in [-0.2, -0.15) is 0 Å². The Kier molecular flexibility index (Phi) is 5.90. The number of nitrogens with zero attached hydrogens (tertiary/aromatic N) is 2. The number of fused-ring (bicyclic) bond motifs is 1. The van der Waals surface area contributed by atoms with Crippen LogP contribution < -0.4 is 10.2 Å². The number of amides is 4. The Morgan fingerprint density at radius 2 is 1.68 bits per heavy atom. The van der Waals surface area contributed by atoms with E-state index < -0.39 is 17.8 Å². The number of benzene rings is 3. The zero-order valence-corrected chi connectivity index (χ0v) is 19.1. The molecule has 1 fully saturated rings. The van der Waals surface area contributed by atoms with E-state index in [1.165, 1.54) is 0 Å². The van der Waals surface area contributed by atoms with Crippen LogP contribution in [0.3, 0.4) is 0 Å². The topological polar surface area (TPSA) is 69.7 Å². The molecule has 7 heteroatoms. The van der Waals surface area contributed by atoms with E-state index in [0.717, 1.165) is 50.8 Å². The lowest BCUT2D eigenvalue weighted by molar-refractivity contribution is -0.130. The molecule has 0 saturated carbocycles. The largest absolute Gasteiger partial charge is 0.367 e. The molecule has 2 aliphatic heterocycles. The molecule has 4 amide bonds. The van der Waals surface area contributed by atoms with Crippen molar-refractivity contribution in [1.82, 2.24) is 10.2 Å². The summed E-state index contributed by atoms with van der Waals surface area (Å²) >= 11 is 6.33. The number of nitrogens with one attached hydrogen (secondary N) is 1. The number of carbonyl (C=O) groups excluding carboxylic acids is 3. The number of halogens is 1. The van der Waals surface area contributed by atoms with Gasteiger partial charge in [0.1, 0.15) is 5.57 Å². The maximum absolute atomic E-state index is 13.0. The molecule has 34 heavy (non-hydrogen) atoms. The molecule has 0 unspecified atom stereocenters. The average Bonchev–Trinajstić information content (AvgIpc) is 3.23. The van der Waals surface area contributed by atoms with Gasteiger partial charge in [0.25, 0.3) is 11.8 Å². The van der Waals surface area contributed by atoms with Crippen LogP contribution in [0.4, 0.5) is 10.5 Å². The van der Waals surface area contributed by atoms with Gasteiger partial charge in [0, 0.05) is 23.8 Å². The highest BCUT2D eigenvalue weighted by Crippen LogP contribution is 2.32. The van der Waals surface area contributed by atoms with Crippen molar-refractivity contribution in [1.29, 1.82) is 0 Å². The van der Waals surface area contributed by atoms with Crippen LogP contribution in [0.2, 0.25) is 5.02 Å². The Morgan fingerprint density at radius 3 is 2.47 bits per heavy atom. The van der Waals surface area contributed by atoms with Crippen molar-refractivity contribution in [2.24, 2.45) is 0 Å². The molecule has 2 heterocycles. The molecular formula is C27H22ClN3O3. The van der Waals surface area contributed by atoms with E-state index in [9.17, 15) is 14.4 Å². The van der Waals surface area contributed by atoms with Gasteiger partial charge in [0.2, 0.25) is 0 Å². The molecule has 0 spiro atoms. The summed E-state index contributed by atoms with van der Waals surface area (Å²) in [6.45, 7) is 1.67. The van der Waals surface area contributed by atoms with E-state index in [4.69, 9.17) is 11.6 Å². The minimum absolute atomic E-state index is 0.0543. The average molecular weight is 472 g/mol. The molecule has 0 radical (unpaired) electrons. The highest BCUT2D eigenvalue weighted by molar-refractivity contribution is 6.31. The molecule has 5 rings (SSSR count). The lowest BCUT2D eigenvalue weighted by atomic mass is 10.0. The Balaban J connectivity index is 1.38. The fraction of sp³-hybridized carbons (Fsp3) is 0.148. The number of hydrogen-bond donors (Lipinski definition) is 1. The SMILES string of the molecule is O=C1NC(=O)N(Cc2ccccc2)C(=O)/C1=C/c1ccc2c(c1)CCN2Cc1ccccc1Cl. The van der Waals surface area contributed by atoms with Crippen LogP contribution in [0, 0.1) is 0 Å². The first-order valence-corrected chi connectivity index (χ1v) is 11.4. The number of rotatable bonds is 5. The monoisotopic (exact) mass is 471 g/mol. The van der Waals surface area contributed by atoms with E-state index in [0.29, 0.717) is 6.54 Å². The Morgan fingerprint density at radius 1 is 0.912 bits per heavy atom. The van der Waals surface area contributed by atoms with E-state index in [-0.39, 0.29) is 12.1 Å². The molecule has 0 atom stereocenters. The van der Waals surface area contributed by atoms with Gasteiger partial charge in [-0.05, 0) is 52.9 Å². The Bertz CT molecular complexity index is 1320. The number of urea groups is 1. The molecule has 3 aromatic rings. The van der Waals surface area contributed by atoms with Crippen LogP contribution in [0.15, 0.2) is 78.4 Å². The molecular weight excluding hydrogens is 450 g/mol. The Hall–Kier alpha value is -3.90. The molecule has 1 saturated heterocycles. The molecule has 0 bridgehead atoms. The van der Waals surface area contributed by atoms with Gasteiger partial charge in [-0.25, -0.2) is 4.79 Å². The summed E-state index contributed by atoms with van der Waals surface area (Å²) in [5, 5.41) is 3.02. The molecule has 170 valence electrons. The zero-order valence-electron chi connectivity index (χ0n) is 18.3. The van der Waals surface area contributed by atoms with Crippen molar-refractivity contribution in [2.45, 2.75) is 19.5 Å². The fourth-order valence-electron chi connectivity index (χ4n) is 4.35. The molecule has 0 aromatic heterocycles. The second-order valence-corrected chi connectivity index (χ2v) is 8.75. The summed E-state index contributed by atoms with van der Waals surface area (Å²) in [7, 11) is 0. The summed E-state index contributed by atoms with van der Waals surface area (Å²) < 4.78 is 0. The van der Waals surface area contributed by atoms with Gasteiger partial charge in [-0.1, -0.05) is 66.2 Å². The number of anilines is 1. The van der Waals surface area contributed by atoms with Crippen LogP contribution in [-0.4, -0.2) is 29.3 Å². The van der Waals surface area contributed by atoms with Gasteiger partial charge in [0.15, 0.2) is 0 Å². The number of carbonyl (C=O) groups is 3. The first-order chi connectivity index (χ1) is 16.5. The van der Waals surface area contributed by atoms with Crippen molar-refractivity contribution in [3.63, 3.8) is 0 Å². The second-order valence-electron chi connectivity index (χ2n) is 8.35. The Labute approximate surface area is 202 Å². The van der Waals surface area contributed by atoms with E-state index in [2.05, 4.69) is 10.2 Å². The minimum atomic E-state index is -0.708. The van der Waals surface area contributed by atoms with Gasteiger partial charge < -0.3 is 4.90 Å². The van der Waals surface area contributed by atoms with Crippen molar-refractivity contribution >= 4 is 41.2 Å². The van der Waals surface area contributed by atoms with Crippen molar-refractivity contribution in [2.75, 3.05) is 11.4 Å². The van der Waals surface area contributed by atoms with Crippen LogP contribution >= 0.6 is 11.6 Å². The zero-order chi connectivity index (χ0) is 23.7. The van der Waals surface area contributed by atoms with Crippen molar-refractivity contribution in [3.05, 3.63) is 106 Å². The van der Waals surface area contributed by atoms with Crippen LogP contribution in [0.25, 0.3) is 6.08 Å². The third-order valence-corrected chi connectivity index (χ3v) is 6.46.